The van der Waals surface area contributed by atoms with Gasteiger partial charge in [0.15, 0.2) is 34.5 Å². The van der Waals surface area contributed by atoms with Crippen molar-refractivity contribution in [3.8, 4) is 23.0 Å². The molecule has 2 aromatic carbocycles. The third kappa shape index (κ3) is 7.47. The summed E-state index contributed by atoms with van der Waals surface area (Å²) in [5.41, 5.74) is 0.415. The number of nitrogens with one attached hydrogen (secondary N) is 1. The lowest BCUT2D eigenvalue weighted by molar-refractivity contribution is -0.126. The predicted molar refractivity (Wildman–Crippen MR) is 135 cm³/mol. The molecule has 1 N–H and O–H groups in total. The maximum absolute atomic E-state index is 13.1. The van der Waals surface area contributed by atoms with E-state index in [0.29, 0.717) is 48.7 Å². The Kier molecular flexibility index (Phi) is 11.1. The molecule has 1 atom stereocenters. The molecule has 1 amide bonds. The Labute approximate surface area is 214 Å². The standard InChI is InChI=1S/C24H29Cl2N3O6/c1-6-32-18-11-10-16(26)22(34-8-3)21(18)29-28-20(14(5)30)24(31)27-17-12-15(25)13-19(33-7-2)23(17)35-9-4/h10-13,20H,6-9H2,1-5H3,(H,27,31). The number of hydrogen-bond acceptors (Lipinski definition) is 8. The first kappa shape index (κ1) is 28.2. The SMILES string of the molecule is CCOc1ccc(Cl)c(OCC)c1N=NC(C(C)=O)C(=O)Nc1cc(Cl)cc(OCC)c1OCC. The van der Waals surface area contributed by atoms with Crippen LogP contribution in [0.2, 0.25) is 10.0 Å². The summed E-state index contributed by atoms with van der Waals surface area (Å²) in [5, 5.41) is 11.4. The molecule has 0 fully saturated rings. The summed E-state index contributed by atoms with van der Waals surface area (Å²) < 4.78 is 22.4. The number of carbonyl (C=O) groups is 2. The number of amides is 1. The highest BCUT2D eigenvalue weighted by atomic mass is 35.5. The van der Waals surface area contributed by atoms with Crippen LogP contribution in [0.4, 0.5) is 11.4 Å². The molecule has 0 saturated carbocycles. The lowest BCUT2D eigenvalue weighted by Gasteiger charge is -2.17. The van der Waals surface area contributed by atoms with Gasteiger partial charge in [-0.15, -0.1) is 5.11 Å². The molecule has 0 spiro atoms. The number of anilines is 1. The van der Waals surface area contributed by atoms with Crippen molar-refractivity contribution in [2.75, 3.05) is 31.7 Å². The summed E-state index contributed by atoms with van der Waals surface area (Å²) in [6, 6.07) is 4.83. The number of ketones is 1. The molecule has 190 valence electrons. The van der Waals surface area contributed by atoms with E-state index in [9.17, 15) is 9.59 Å². The maximum atomic E-state index is 13.1. The average molecular weight is 526 g/mol. The van der Waals surface area contributed by atoms with Gasteiger partial charge in [-0.2, -0.15) is 5.11 Å². The summed E-state index contributed by atoms with van der Waals surface area (Å²) in [7, 11) is 0. The van der Waals surface area contributed by atoms with Crippen LogP contribution < -0.4 is 24.3 Å². The van der Waals surface area contributed by atoms with Gasteiger partial charge in [0.05, 0.1) is 37.1 Å². The van der Waals surface area contributed by atoms with Crippen molar-refractivity contribution in [3.63, 3.8) is 0 Å². The Morgan fingerprint density at radius 1 is 0.886 bits per heavy atom. The van der Waals surface area contributed by atoms with E-state index in [1.165, 1.54) is 13.0 Å². The third-order valence-corrected chi connectivity index (χ3v) is 4.92. The van der Waals surface area contributed by atoms with E-state index < -0.39 is 17.7 Å². The van der Waals surface area contributed by atoms with E-state index in [0.717, 1.165) is 0 Å². The van der Waals surface area contributed by atoms with Crippen molar-refractivity contribution in [2.45, 2.75) is 40.7 Å². The molecule has 1 unspecified atom stereocenters. The number of halogens is 2. The van der Waals surface area contributed by atoms with Gasteiger partial charge in [-0.25, -0.2) is 0 Å². The van der Waals surface area contributed by atoms with Crippen LogP contribution in [0.5, 0.6) is 23.0 Å². The zero-order valence-electron chi connectivity index (χ0n) is 20.3. The second kappa shape index (κ2) is 13.7. The van der Waals surface area contributed by atoms with Gasteiger partial charge in [-0.3, -0.25) is 9.59 Å². The van der Waals surface area contributed by atoms with Crippen LogP contribution in [0.1, 0.15) is 34.6 Å². The number of benzene rings is 2. The summed E-state index contributed by atoms with van der Waals surface area (Å²) in [6.07, 6.45) is 0. The third-order valence-electron chi connectivity index (χ3n) is 4.41. The van der Waals surface area contributed by atoms with Gasteiger partial charge >= 0.3 is 0 Å². The van der Waals surface area contributed by atoms with Crippen LogP contribution in [-0.4, -0.2) is 44.2 Å². The molecular weight excluding hydrogens is 497 g/mol. The zero-order chi connectivity index (χ0) is 26.0. The topological polar surface area (TPSA) is 108 Å². The Morgan fingerprint density at radius 2 is 1.49 bits per heavy atom. The molecule has 0 aliphatic carbocycles. The molecule has 11 heteroatoms. The van der Waals surface area contributed by atoms with E-state index in [1.807, 2.05) is 6.92 Å². The molecule has 9 nitrogen and oxygen atoms in total. The van der Waals surface area contributed by atoms with E-state index in [2.05, 4.69) is 15.5 Å². The van der Waals surface area contributed by atoms with Crippen molar-refractivity contribution in [1.29, 1.82) is 0 Å². The summed E-state index contributed by atoms with van der Waals surface area (Å²) in [5.74, 6) is -0.0274. The van der Waals surface area contributed by atoms with Gasteiger partial charge in [0.2, 0.25) is 6.04 Å². The van der Waals surface area contributed by atoms with Crippen LogP contribution in [0.15, 0.2) is 34.5 Å². The first-order chi connectivity index (χ1) is 16.8. The molecule has 2 rings (SSSR count). The minimum Gasteiger partial charge on any atom is -0.491 e. The molecule has 0 bridgehead atoms. The highest BCUT2D eigenvalue weighted by Gasteiger charge is 2.26. The first-order valence-electron chi connectivity index (χ1n) is 11.2. The maximum Gasteiger partial charge on any atom is 0.258 e. The molecule has 0 aromatic heterocycles. The number of azo groups is 1. The van der Waals surface area contributed by atoms with Crippen molar-refractivity contribution in [3.05, 3.63) is 34.3 Å². The van der Waals surface area contributed by atoms with Crippen molar-refractivity contribution < 1.29 is 28.5 Å². The highest BCUT2D eigenvalue weighted by molar-refractivity contribution is 6.32. The Hall–Kier alpha value is -3.04. The predicted octanol–water partition coefficient (Wildman–Crippen LogP) is 6.27. The highest BCUT2D eigenvalue weighted by Crippen LogP contribution is 2.43. The van der Waals surface area contributed by atoms with Gasteiger partial charge in [0, 0.05) is 11.1 Å². The Balaban J connectivity index is 2.45. The lowest BCUT2D eigenvalue weighted by Crippen LogP contribution is -2.32. The van der Waals surface area contributed by atoms with Gasteiger partial charge in [0.25, 0.3) is 5.91 Å². The lowest BCUT2D eigenvalue weighted by atomic mass is 10.2. The molecule has 2 aromatic rings. The Bertz CT molecular complexity index is 1080. The molecule has 0 aliphatic heterocycles. The Morgan fingerprint density at radius 3 is 2.09 bits per heavy atom. The van der Waals surface area contributed by atoms with Crippen LogP contribution in [-0.2, 0) is 9.59 Å². The van der Waals surface area contributed by atoms with Crippen molar-refractivity contribution >= 4 is 46.3 Å². The van der Waals surface area contributed by atoms with Crippen LogP contribution in [0.25, 0.3) is 0 Å². The van der Waals surface area contributed by atoms with Crippen molar-refractivity contribution in [2.24, 2.45) is 10.2 Å². The largest absolute Gasteiger partial charge is 0.491 e. The molecule has 0 radical (unpaired) electrons. The van der Waals surface area contributed by atoms with Crippen LogP contribution >= 0.6 is 23.2 Å². The van der Waals surface area contributed by atoms with Crippen molar-refractivity contribution in [1.82, 2.24) is 0 Å². The summed E-state index contributed by atoms with van der Waals surface area (Å²) >= 11 is 12.5. The fourth-order valence-electron chi connectivity index (χ4n) is 3.03. The van der Waals surface area contributed by atoms with Gasteiger partial charge in [-0.1, -0.05) is 23.2 Å². The zero-order valence-corrected chi connectivity index (χ0v) is 21.8. The smallest absolute Gasteiger partial charge is 0.258 e. The van der Waals surface area contributed by atoms with E-state index >= 15 is 0 Å². The average Bonchev–Trinajstić information content (AvgIpc) is 2.80. The number of Topliss-reactive ketones (excluding diaryl/α,β-unsaturated/α-hetero) is 1. The monoisotopic (exact) mass is 525 g/mol. The molecule has 0 heterocycles. The second-order valence-electron chi connectivity index (χ2n) is 6.95. The number of rotatable bonds is 13. The van der Waals surface area contributed by atoms with Gasteiger partial charge < -0.3 is 24.3 Å². The first-order valence-corrected chi connectivity index (χ1v) is 11.9. The number of hydrogen-bond donors (Lipinski definition) is 1. The normalized spacial score (nSPS) is 11.7. The van der Waals surface area contributed by atoms with Gasteiger partial charge in [-0.05, 0) is 52.8 Å². The molecule has 0 saturated heterocycles. The fraction of sp³-hybridized carbons (Fsp3) is 0.417. The minimum absolute atomic E-state index is 0.177. The van der Waals surface area contributed by atoms with Gasteiger partial charge in [0.1, 0.15) is 0 Å². The van der Waals surface area contributed by atoms with E-state index in [-0.39, 0.29) is 22.1 Å². The van der Waals surface area contributed by atoms with E-state index in [1.54, 1.807) is 39.0 Å². The van der Waals surface area contributed by atoms with Crippen LogP contribution in [0.3, 0.4) is 0 Å². The molecule has 35 heavy (non-hydrogen) atoms. The minimum atomic E-state index is -1.47. The fourth-order valence-corrected chi connectivity index (χ4v) is 3.44. The second-order valence-corrected chi connectivity index (χ2v) is 7.80. The number of ether oxygens (including phenoxy) is 4. The summed E-state index contributed by atoms with van der Waals surface area (Å²) in [6.45, 7) is 9.77. The number of nitrogens with zero attached hydrogens (tertiary/aromatic N) is 2. The van der Waals surface area contributed by atoms with E-state index in [4.69, 9.17) is 42.1 Å². The van der Waals surface area contributed by atoms with Crippen LogP contribution in [0, 0.1) is 0 Å². The molecule has 0 aliphatic rings. The molecular formula is C24H29Cl2N3O6. The summed E-state index contributed by atoms with van der Waals surface area (Å²) in [4.78, 5) is 25.4. The number of carbonyl (C=O) groups excluding carboxylic acids is 2. The quantitative estimate of drug-likeness (QED) is 0.244.